The Bertz CT molecular complexity index is 1680. The van der Waals surface area contributed by atoms with E-state index in [1.165, 1.54) is 12.3 Å². The third kappa shape index (κ3) is 6.52. The number of para-hydroxylation sites is 1. The maximum Gasteiger partial charge on any atom is 0.342 e. The molecule has 2 N–H and O–H groups in total. The lowest BCUT2D eigenvalue weighted by Gasteiger charge is -2.26. The molecule has 3 heterocycles. The minimum absolute atomic E-state index is 0.266. The maximum absolute atomic E-state index is 13.2. The van der Waals surface area contributed by atoms with E-state index in [0.717, 1.165) is 40.8 Å². The summed E-state index contributed by atoms with van der Waals surface area (Å²) >= 11 is 0. The van der Waals surface area contributed by atoms with Crippen molar-refractivity contribution in [1.29, 1.82) is 0 Å². The average molecular weight is 584 g/mol. The van der Waals surface area contributed by atoms with Crippen LogP contribution in [-0.2, 0) is 21.3 Å². The molecular formula is C32H37N7O4. The molecule has 1 fully saturated rings. The smallest absolute Gasteiger partial charge is 0.342 e. The van der Waals surface area contributed by atoms with Crippen LogP contribution in [0.2, 0.25) is 0 Å². The highest BCUT2D eigenvalue weighted by molar-refractivity contribution is 6.03. The molecule has 1 aliphatic heterocycles. The summed E-state index contributed by atoms with van der Waals surface area (Å²) in [7, 11) is 7.98. The van der Waals surface area contributed by atoms with E-state index in [1.807, 2.05) is 82.3 Å². The normalized spacial score (nSPS) is 13.1. The Labute approximate surface area is 251 Å². The number of aryl methyl sites for hydroxylation is 2. The van der Waals surface area contributed by atoms with Crippen LogP contribution in [0.4, 0.5) is 23.0 Å². The summed E-state index contributed by atoms with van der Waals surface area (Å²) in [5.74, 6) is -0.519. The van der Waals surface area contributed by atoms with Crippen LogP contribution in [0.1, 0.15) is 15.9 Å². The Balaban J connectivity index is 1.54. The van der Waals surface area contributed by atoms with E-state index in [4.69, 9.17) is 14.5 Å². The molecule has 11 nitrogen and oxygen atoms in total. The summed E-state index contributed by atoms with van der Waals surface area (Å²) in [5.41, 5.74) is 5.63. The zero-order chi connectivity index (χ0) is 30.7. The predicted octanol–water partition coefficient (Wildman–Crippen LogP) is 4.37. The number of amides is 1. The summed E-state index contributed by atoms with van der Waals surface area (Å²) in [6, 6.07) is 11.8. The van der Waals surface area contributed by atoms with Crippen LogP contribution in [0, 0.1) is 6.92 Å². The van der Waals surface area contributed by atoms with Gasteiger partial charge in [0.15, 0.2) is 0 Å². The number of esters is 1. The molecule has 0 aliphatic carbocycles. The van der Waals surface area contributed by atoms with E-state index in [9.17, 15) is 9.59 Å². The molecule has 43 heavy (non-hydrogen) atoms. The minimum Gasteiger partial charge on any atom is -0.454 e. The van der Waals surface area contributed by atoms with E-state index in [0.29, 0.717) is 36.2 Å². The van der Waals surface area contributed by atoms with E-state index in [1.54, 1.807) is 0 Å². The van der Waals surface area contributed by atoms with Gasteiger partial charge in [-0.3, -0.25) is 4.79 Å². The Hall–Kier alpha value is -4.74. The highest BCUT2D eigenvalue weighted by Crippen LogP contribution is 2.35. The molecule has 1 aliphatic rings. The molecule has 0 unspecified atom stereocenters. The number of carbonyl (C=O) groups excluding carboxylic acids is 2. The van der Waals surface area contributed by atoms with Gasteiger partial charge in [-0.15, -0.1) is 0 Å². The van der Waals surface area contributed by atoms with E-state index in [2.05, 4.69) is 32.0 Å². The van der Waals surface area contributed by atoms with Crippen molar-refractivity contribution in [2.75, 3.05) is 63.0 Å². The summed E-state index contributed by atoms with van der Waals surface area (Å²) in [6.45, 7) is 7.93. The van der Waals surface area contributed by atoms with Crippen LogP contribution in [0.25, 0.3) is 22.2 Å². The number of rotatable bonds is 11. The van der Waals surface area contributed by atoms with Gasteiger partial charge in [0.25, 0.3) is 0 Å². The van der Waals surface area contributed by atoms with Gasteiger partial charge in [-0.05, 0) is 50.9 Å². The molecule has 2 aromatic carbocycles. The molecular weight excluding hydrogens is 546 g/mol. The largest absolute Gasteiger partial charge is 0.454 e. The predicted molar refractivity (Wildman–Crippen MR) is 169 cm³/mol. The SMILES string of the molecule is C=CC(=O)Nc1cc(Nc2ncc(C(=O)OC3COC3)c(-c3cn(C)c4ccccc34)n2)c(C)cc1N(C)CCN(C)C. The van der Waals surface area contributed by atoms with Crippen molar-refractivity contribution in [2.45, 2.75) is 13.0 Å². The number of anilines is 4. The van der Waals surface area contributed by atoms with Crippen LogP contribution in [0.3, 0.4) is 0 Å². The first-order chi connectivity index (χ1) is 20.6. The molecule has 5 rings (SSSR count). The highest BCUT2D eigenvalue weighted by Gasteiger charge is 2.27. The fourth-order valence-electron chi connectivity index (χ4n) is 4.84. The maximum atomic E-state index is 13.2. The number of aromatic nitrogens is 3. The zero-order valence-corrected chi connectivity index (χ0v) is 25.2. The van der Waals surface area contributed by atoms with Crippen molar-refractivity contribution >= 4 is 45.8 Å². The Morgan fingerprint density at radius 1 is 1.16 bits per heavy atom. The van der Waals surface area contributed by atoms with Gasteiger partial charge >= 0.3 is 5.97 Å². The fraction of sp³-hybridized carbons (Fsp3) is 0.312. The molecule has 4 aromatic rings. The second-order valence-corrected chi connectivity index (χ2v) is 10.9. The number of nitrogens with zero attached hydrogens (tertiary/aromatic N) is 5. The number of ether oxygens (including phenoxy) is 2. The first kappa shape index (κ1) is 29.7. The summed E-state index contributed by atoms with van der Waals surface area (Å²) in [6.07, 6.45) is 4.40. The minimum atomic E-state index is -0.501. The lowest BCUT2D eigenvalue weighted by atomic mass is 10.1. The highest BCUT2D eigenvalue weighted by atomic mass is 16.6. The molecule has 224 valence electrons. The van der Waals surface area contributed by atoms with E-state index in [-0.39, 0.29) is 17.6 Å². The molecule has 0 saturated carbocycles. The van der Waals surface area contributed by atoms with Gasteiger partial charge in [0.1, 0.15) is 11.7 Å². The Morgan fingerprint density at radius 2 is 1.93 bits per heavy atom. The summed E-state index contributed by atoms with van der Waals surface area (Å²) in [4.78, 5) is 39.1. The first-order valence-electron chi connectivity index (χ1n) is 14.1. The van der Waals surface area contributed by atoms with Crippen LogP contribution in [-0.4, -0.2) is 84.9 Å². The quantitative estimate of drug-likeness (QED) is 0.196. The molecule has 11 heteroatoms. The Kier molecular flexibility index (Phi) is 8.74. The van der Waals surface area contributed by atoms with Crippen molar-refractivity contribution in [2.24, 2.45) is 7.05 Å². The van der Waals surface area contributed by atoms with Crippen molar-refractivity contribution in [1.82, 2.24) is 19.4 Å². The molecule has 0 bridgehead atoms. The molecule has 1 amide bonds. The average Bonchev–Trinajstić information content (AvgIpc) is 3.31. The number of hydrogen-bond donors (Lipinski definition) is 2. The van der Waals surface area contributed by atoms with Gasteiger partial charge in [-0.2, -0.15) is 0 Å². The summed E-state index contributed by atoms with van der Waals surface area (Å²) < 4.78 is 12.8. The second kappa shape index (κ2) is 12.6. The first-order valence-corrected chi connectivity index (χ1v) is 14.1. The van der Waals surface area contributed by atoms with Crippen molar-refractivity contribution in [3.63, 3.8) is 0 Å². The van der Waals surface area contributed by atoms with Gasteiger partial charge < -0.3 is 34.5 Å². The van der Waals surface area contributed by atoms with Crippen LogP contribution >= 0.6 is 0 Å². The molecule has 0 atom stereocenters. The lowest BCUT2D eigenvalue weighted by Crippen LogP contribution is -2.38. The van der Waals surface area contributed by atoms with Gasteiger partial charge in [0.2, 0.25) is 11.9 Å². The second-order valence-electron chi connectivity index (χ2n) is 10.9. The van der Waals surface area contributed by atoms with Gasteiger partial charge in [-0.1, -0.05) is 24.8 Å². The van der Waals surface area contributed by atoms with Gasteiger partial charge in [-0.25, -0.2) is 14.8 Å². The standard InChI is InChI=1S/C32H37N7O4/c1-7-29(40)34-26-15-25(20(2)14-28(26)38(5)13-12-37(3)4)35-32-33-16-23(31(41)43-21-18-42-19-21)30(36-32)24-17-39(6)27-11-9-8-10-22(24)27/h7-11,14-17,21H,1,12-13,18-19H2,2-6H3,(H,34,40)(H,33,35,36). The third-order valence-corrected chi connectivity index (χ3v) is 7.37. The molecule has 0 spiro atoms. The fourth-order valence-corrected chi connectivity index (χ4v) is 4.84. The van der Waals surface area contributed by atoms with Gasteiger partial charge in [0.05, 0.1) is 30.3 Å². The number of carbonyl (C=O) groups is 2. The topological polar surface area (TPSA) is 114 Å². The molecule has 1 saturated heterocycles. The summed E-state index contributed by atoms with van der Waals surface area (Å²) in [5, 5.41) is 7.19. The van der Waals surface area contributed by atoms with Crippen molar-refractivity contribution < 1.29 is 19.1 Å². The van der Waals surface area contributed by atoms with E-state index < -0.39 is 5.97 Å². The zero-order valence-electron chi connectivity index (χ0n) is 25.2. The number of fused-ring (bicyclic) bond motifs is 1. The molecule has 0 radical (unpaired) electrons. The van der Waals surface area contributed by atoms with Gasteiger partial charge in [0, 0.05) is 61.7 Å². The van der Waals surface area contributed by atoms with Crippen LogP contribution < -0.4 is 15.5 Å². The number of nitrogens with one attached hydrogen (secondary N) is 2. The van der Waals surface area contributed by atoms with Crippen molar-refractivity contribution in [3.05, 3.63) is 72.6 Å². The van der Waals surface area contributed by atoms with Crippen molar-refractivity contribution in [3.8, 4) is 11.3 Å². The Morgan fingerprint density at radius 3 is 2.63 bits per heavy atom. The van der Waals surface area contributed by atoms with E-state index >= 15 is 0 Å². The van der Waals surface area contributed by atoms with Crippen LogP contribution in [0.5, 0.6) is 0 Å². The third-order valence-electron chi connectivity index (χ3n) is 7.37. The number of likely N-dealkylation sites (N-methyl/N-ethyl adjacent to an activating group) is 2. The molecule has 2 aromatic heterocycles. The lowest BCUT2D eigenvalue weighted by molar-refractivity contribution is -0.111. The monoisotopic (exact) mass is 583 g/mol. The number of benzene rings is 2. The van der Waals surface area contributed by atoms with Crippen LogP contribution in [0.15, 0.2) is 61.4 Å². The number of hydrogen-bond acceptors (Lipinski definition) is 9.